The van der Waals surface area contributed by atoms with Crippen LogP contribution < -0.4 is 11.1 Å². The number of hydrogen-bond acceptors (Lipinski definition) is 4. The lowest BCUT2D eigenvalue weighted by atomic mass is 10.0. The average molecular weight is 242 g/mol. The summed E-state index contributed by atoms with van der Waals surface area (Å²) in [5, 5.41) is 2.73. The largest absolute Gasteiger partial charge is 0.398 e. The second-order valence-electron chi connectivity index (χ2n) is 3.72. The van der Waals surface area contributed by atoms with E-state index in [0.29, 0.717) is 23.5 Å². The highest BCUT2D eigenvalue weighted by molar-refractivity contribution is 6.02. The molecule has 0 aliphatic rings. The van der Waals surface area contributed by atoms with Crippen LogP contribution in [0.3, 0.4) is 0 Å². The van der Waals surface area contributed by atoms with Crippen LogP contribution in [0.2, 0.25) is 0 Å². The molecule has 0 aliphatic carbocycles. The number of nitrogen functional groups attached to an aromatic ring is 1. The standard InChI is InChI=1S/C13H14N4O/c1-2-16-13(18)10-5-3-4-9(12(10)14)11-6-7-15-8-17-11/h3-8H,2,14H2,1H3,(H,16,18). The minimum absolute atomic E-state index is 0.175. The van der Waals surface area contributed by atoms with Crippen molar-refractivity contribution >= 4 is 11.6 Å². The van der Waals surface area contributed by atoms with E-state index in [0.717, 1.165) is 5.56 Å². The number of carbonyl (C=O) groups excluding carboxylic acids is 1. The van der Waals surface area contributed by atoms with E-state index in [2.05, 4.69) is 15.3 Å². The highest BCUT2D eigenvalue weighted by atomic mass is 16.1. The van der Waals surface area contributed by atoms with Crippen LogP contribution in [-0.4, -0.2) is 22.4 Å². The summed E-state index contributed by atoms with van der Waals surface area (Å²) < 4.78 is 0. The fraction of sp³-hybridized carbons (Fsp3) is 0.154. The first-order chi connectivity index (χ1) is 8.74. The van der Waals surface area contributed by atoms with Crippen molar-refractivity contribution in [1.82, 2.24) is 15.3 Å². The van der Waals surface area contributed by atoms with Crippen LogP contribution >= 0.6 is 0 Å². The predicted octanol–water partition coefficient (Wildman–Crippen LogP) is 1.48. The highest BCUT2D eigenvalue weighted by Crippen LogP contribution is 2.26. The first kappa shape index (κ1) is 12.0. The van der Waals surface area contributed by atoms with E-state index in [9.17, 15) is 4.79 Å². The van der Waals surface area contributed by atoms with Crippen LogP contribution in [-0.2, 0) is 0 Å². The average Bonchev–Trinajstić information content (AvgIpc) is 2.40. The van der Waals surface area contributed by atoms with Crippen LogP contribution in [0.4, 0.5) is 5.69 Å². The molecule has 1 aromatic carbocycles. The lowest BCUT2D eigenvalue weighted by Crippen LogP contribution is -2.23. The summed E-state index contributed by atoms with van der Waals surface area (Å²) in [5.74, 6) is -0.175. The zero-order chi connectivity index (χ0) is 13.0. The molecule has 0 unspecified atom stereocenters. The second-order valence-corrected chi connectivity index (χ2v) is 3.72. The normalized spacial score (nSPS) is 10.1. The van der Waals surface area contributed by atoms with Gasteiger partial charge in [-0.2, -0.15) is 0 Å². The van der Waals surface area contributed by atoms with Crippen LogP contribution in [0.25, 0.3) is 11.3 Å². The summed E-state index contributed by atoms with van der Waals surface area (Å²) >= 11 is 0. The van der Waals surface area contributed by atoms with Gasteiger partial charge < -0.3 is 11.1 Å². The zero-order valence-corrected chi connectivity index (χ0v) is 10.1. The van der Waals surface area contributed by atoms with Crippen molar-refractivity contribution in [3.63, 3.8) is 0 Å². The van der Waals surface area contributed by atoms with Crippen LogP contribution in [0.15, 0.2) is 36.8 Å². The molecule has 2 rings (SSSR count). The van der Waals surface area contributed by atoms with Crippen LogP contribution in [0.5, 0.6) is 0 Å². The van der Waals surface area contributed by atoms with E-state index < -0.39 is 0 Å². The molecule has 0 saturated heterocycles. The van der Waals surface area contributed by atoms with E-state index in [1.165, 1.54) is 6.33 Å². The van der Waals surface area contributed by atoms with E-state index in [-0.39, 0.29) is 5.91 Å². The predicted molar refractivity (Wildman–Crippen MR) is 69.9 cm³/mol. The van der Waals surface area contributed by atoms with E-state index in [4.69, 9.17) is 5.73 Å². The van der Waals surface area contributed by atoms with Gasteiger partial charge in [-0.1, -0.05) is 12.1 Å². The maximum Gasteiger partial charge on any atom is 0.253 e. The van der Waals surface area contributed by atoms with E-state index >= 15 is 0 Å². The van der Waals surface area contributed by atoms with Crippen LogP contribution in [0, 0.1) is 0 Å². The quantitative estimate of drug-likeness (QED) is 0.799. The van der Waals surface area contributed by atoms with Gasteiger partial charge in [0.25, 0.3) is 5.91 Å². The minimum atomic E-state index is -0.175. The number of rotatable bonds is 3. The van der Waals surface area contributed by atoms with Crippen molar-refractivity contribution < 1.29 is 4.79 Å². The van der Waals surface area contributed by atoms with Gasteiger partial charge in [-0.15, -0.1) is 0 Å². The number of carbonyl (C=O) groups is 1. The Kier molecular flexibility index (Phi) is 3.52. The molecule has 0 atom stereocenters. The topological polar surface area (TPSA) is 80.9 Å². The lowest BCUT2D eigenvalue weighted by molar-refractivity contribution is 0.0957. The Balaban J connectivity index is 2.46. The lowest BCUT2D eigenvalue weighted by Gasteiger charge is -2.10. The number of nitrogens with one attached hydrogen (secondary N) is 1. The van der Waals surface area contributed by atoms with E-state index in [1.807, 2.05) is 13.0 Å². The first-order valence-electron chi connectivity index (χ1n) is 5.67. The molecule has 0 saturated carbocycles. The fourth-order valence-electron chi connectivity index (χ4n) is 1.69. The molecule has 1 heterocycles. The number of para-hydroxylation sites is 1. The molecule has 0 aliphatic heterocycles. The van der Waals surface area contributed by atoms with Gasteiger partial charge in [-0.3, -0.25) is 4.79 Å². The van der Waals surface area contributed by atoms with Gasteiger partial charge in [0.2, 0.25) is 0 Å². The molecule has 5 nitrogen and oxygen atoms in total. The smallest absolute Gasteiger partial charge is 0.253 e. The number of nitrogens with zero attached hydrogens (tertiary/aromatic N) is 2. The van der Waals surface area contributed by atoms with Gasteiger partial charge in [-0.05, 0) is 19.1 Å². The molecule has 3 N–H and O–H groups in total. The monoisotopic (exact) mass is 242 g/mol. The molecule has 2 aromatic rings. The number of aromatic nitrogens is 2. The molecule has 5 heteroatoms. The SMILES string of the molecule is CCNC(=O)c1cccc(-c2ccncn2)c1N. The number of nitrogens with two attached hydrogens (primary N) is 1. The fourth-order valence-corrected chi connectivity index (χ4v) is 1.69. The van der Waals surface area contributed by atoms with Gasteiger partial charge in [0.15, 0.2) is 0 Å². The summed E-state index contributed by atoms with van der Waals surface area (Å²) in [6.07, 6.45) is 3.09. The van der Waals surface area contributed by atoms with Crippen molar-refractivity contribution in [2.75, 3.05) is 12.3 Å². The minimum Gasteiger partial charge on any atom is -0.398 e. The number of hydrogen-bond donors (Lipinski definition) is 2. The maximum atomic E-state index is 11.8. The Bertz CT molecular complexity index is 554. The molecular formula is C13H14N4O. The van der Waals surface area contributed by atoms with Crippen molar-refractivity contribution in [3.8, 4) is 11.3 Å². The van der Waals surface area contributed by atoms with Crippen molar-refractivity contribution in [1.29, 1.82) is 0 Å². The van der Waals surface area contributed by atoms with E-state index in [1.54, 1.807) is 24.4 Å². The molecule has 92 valence electrons. The molecule has 0 radical (unpaired) electrons. The molecule has 18 heavy (non-hydrogen) atoms. The molecule has 0 bridgehead atoms. The summed E-state index contributed by atoms with van der Waals surface area (Å²) in [6.45, 7) is 2.43. The van der Waals surface area contributed by atoms with Crippen molar-refractivity contribution in [2.45, 2.75) is 6.92 Å². The van der Waals surface area contributed by atoms with Gasteiger partial charge in [0.1, 0.15) is 6.33 Å². The van der Waals surface area contributed by atoms with Gasteiger partial charge in [0.05, 0.1) is 16.9 Å². The summed E-state index contributed by atoms with van der Waals surface area (Å²) in [6, 6.07) is 7.08. The third-order valence-electron chi connectivity index (χ3n) is 2.55. The Morgan fingerprint density at radius 1 is 1.39 bits per heavy atom. The molecule has 1 amide bonds. The van der Waals surface area contributed by atoms with Gasteiger partial charge in [-0.25, -0.2) is 9.97 Å². The van der Waals surface area contributed by atoms with Gasteiger partial charge >= 0.3 is 0 Å². The Hall–Kier alpha value is -2.43. The number of anilines is 1. The Morgan fingerprint density at radius 2 is 2.22 bits per heavy atom. The summed E-state index contributed by atoms with van der Waals surface area (Å²) in [7, 11) is 0. The second kappa shape index (κ2) is 5.27. The summed E-state index contributed by atoms with van der Waals surface area (Å²) in [5.41, 5.74) is 8.36. The Morgan fingerprint density at radius 3 is 2.89 bits per heavy atom. The number of benzene rings is 1. The third kappa shape index (κ3) is 2.29. The highest BCUT2D eigenvalue weighted by Gasteiger charge is 2.13. The molecular weight excluding hydrogens is 228 g/mol. The summed E-state index contributed by atoms with van der Waals surface area (Å²) in [4.78, 5) is 19.8. The third-order valence-corrected chi connectivity index (χ3v) is 2.55. The van der Waals surface area contributed by atoms with Crippen molar-refractivity contribution in [2.24, 2.45) is 0 Å². The molecule has 0 spiro atoms. The maximum absolute atomic E-state index is 11.8. The molecule has 1 aromatic heterocycles. The number of amides is 1. The first-order valence-corrected chi connectivity index (χ1v) is 5.67. The zero-order valence-electron chi connectivity index (χ0n) is 10.1. The van der Waals surface area contributed by atoms with Gasteiger partial charge in [0, 0.05) is 18.3 Å². The Labute approximate surface area is 105 Å². The van der Waals surface area contributed by atoms with Crippen molar-refractivity contribution in [3.05, 3.63) is 42.4 Å². The van der Waals surface area contributed by atoms with Crippen LogP contribution in [0.1, 0.15) is 17.3 Å². The molecule has 0 fully saturated rings.